The highest BCUT2D eigenvalue weighted by Gasteiger charge is 2.34. The third kappa shape index (κ3) is 3.35. The molecule has 1 atom stereocenters. The minimum atomic E-state index is 0.104. The van der Waals surface area contributed by atoms with Gasteiger partial charge in [-0.3, -0.25) is 9.89 Å². The number of rotatable bonds is 5. The summed E-state index contributed by atoms with van der Waals surface area (Å²) in [6.45, 7) is 0.854. The van der Waals surface area contributed by atoms with Crippen LogP contribution in [0.4, 0.5) is 0 Å². The van der Waals surface area contributed by atoms with E-state index in [1.165, 1.54) is 25.7 Å². The predicted octanol–water partition coefficient (Wildman–Crippen LogP) is 4.33. The van der Waals surface area contributed by atoms with Crippen LogP contribution in [-0.2, 0) is 4.79 Å². The fourth-order valence-electron chi connectivity index (χ4n) is 4.51. The zero-order valence-electron chi connectivity index (χ0n) is 15.4. The second kappa shape index (κ2) is 7.52. The third-order valence-electron chi connectivity index (χ3n) is 5.89. The largest absolute Gasteiger partial charge is 0.497 e. The Kier molecular flexibility index (Phi) is 4.96. The first-order chi connectivity index (χ1) is 12.8. The average molecular weight is 353 g/mol. The van der Waals surface area contributed by atoms with Crippen molar-refractivity contribution in [2.75, 3.05) is 13.7 Å². The Balaban J connectivity index is 1.56. The van der Waals surface area contributed by atoms with Gasteiger partial charge in [0.05, 0.1) is 25.0 Å². The van der Waals surface area contributed by atoms with Crippen LogP contribution in [0.3, 0.4) is 0 Å². The maximum atomic E-state index is 12.9. The maximum absolute atomic E-state index is 12.9. The summed E-state index contributed by atoms with van der Waals surface area (Å²) in [5.41, 5.74) is 3.19. The summed E-state index contributed by atoms with van der Waals surface area (Å²) in [5.74, 6) is 1.73. The van der Waals surface area contributed by atoms with E-state index in [2.05, 4.69) is 21.2 Å². The van der Waals surface area contributed by atoms with Gasteiger partial charge in [-0.1, -0.05) is 25.0 Å². The Bertz CT molecular complexity index is 764. The average Bonchev–Trinajstić information content (AvgIpc) is 3.41. The number of H-pyrrole nitrogens is 1. The number of ether oxygens (including phenoxy) is 1. The van der Waals surface area contributed by atoms with E-state index in [0.717, 1.165) is 42.0 Å². The minimum Gasteiger partial charge on any atom is -0.497 e. The van der Waals surface area contributed by atoms with Gasteiger partial charge in [0.2, 0.25) is 5.91 Å². The summed E-state index contributed by atoms with van der Waals surface area (Å²) >= 11 is 0. The number of nitrogens with zero attached hydrogens (tertiary/aromatic N) is 2. The summed E-state index contributed by atoms with van der Waals surface area (Å²) in [5, 5.41) is 7.47. The number of hydrogen-bond donors (Lipinski definition) is 1. The molecule has 2 aromatic rings. The van der Waals surface area contributed by atoms with Gasteiger partial charge in [-0.15, -0.1) is 0 Å². The number of carbonyl (C=O) groups excluding carboxylic acids is 1. The van der Waals surface area contributed by atoms with Gasteiger partial charge in [-0.25, -0.2) is 0 Å². The zero-order chi connectivity index (χ0) is 17.9. The number of benzene rings is 1. The Morgan fingerprint density at radius 1 is 1.27 bits per heavy atom. The fourth-order valence-corrected chi connectivity index (χ4v) is 4.51. The number of methoxy groups -OCH3 is 1. The summed E-state index contributed by atoms with van der Waals surface area (Å²) < 4.78 is 5.36. The van der Waals surface area contributed by atoms with Gasteiger partial charge in [-0.05, 0) is 49.3 Å². The molecule has 0 spiro atoms. The van der Waals surface area contributed by atoms with Crippen LogP contribution in [-0.4, -0.2) is 34.7 Å². The topological polar surface area (TPSA) is 58.2 Å². The lowest BCUT2D eigenvalue weighted by atomic mass is 9.99. The van der Waals surface area contributed by atoms with Crippen molar-refractivity contribution in [1.29, 1.82) is 0 Å². The van der Waals surface area contributed by atoms with Crippen molar-refractivity contribution in [3.05, 3.63) is 36.2 Å². The molecular formula is C21H27N3O2. The first-order valence-corrected chi connectivity index (χ1v) is 9.73. The van der Waals surface area contributed by atoms with Crippen molar-refractivity contribution in [3.63, 3.8) is 0 Å². The number of hydrogen-bond acceptors (Lipinski definition) is 3. The molecule has 138 valence electrons. The molecule has 1 aliphatic heterocycles. The lowest BCUT2D eigenvalue weighted by Gasteiger charge is -2.26. The summed E-state index contributed by atoms with van der Waals surface area (Å²) in [7, 11) is 1.68. The molecule has 1 saturated heterocycles. The normalized spacial score (nSPS) is 20.7. The van der Waals surface area contributed by atoms with Gasteiger partial charge in [-0.2, -0.15) is 5.10 Å². The summed E-state index contributed by atoms with van der Waals surface area (Å²) in [6, 6.07) is 8.12. The highest BCUT2D eigenvalue weighted by atomic mass is 16.5. The molecule has 1 aliphatic carbocycles. The van der Waals surface area contributed by atoms with Crippen LogP contribution in [0.1, 0.15) is 56.7 Å². The maximum Gasteiger partial charge on any atom is 0.223 e. The van der Waals surface area contributed by atoms with Crippen LogP contribution in [0.15, 0.2) is 30.5 Å². The quantitative estimate of drug-likeness (QED) is 0.870. The number of amides is 1. The molecule has 0 bridgehead atoms. The lowest BCUT2D eigenvalue weighted by Crippen LogP contribution is -2.32. The number of nitrogens with one attached hydrogen (secondary N) is 1. The SMILES string of the molecule is COc1cccc(-c2cn[nH]c2C2CCCN2C(=O)CC2CCCC2)c1. The van der Waals surface area contributed by atoms with Gasteiger partial charge in [0.1, 0.15) is 5.75 Å². The molecule has 1 N–H and O–H groups in total. The monoisotopic (exact) mass is 353 g/mol. The Labute approximate surface area is 154 Å². The van der Waals surface area contributed by atoms with Crippen molar-refractivity contribution in [3.8, 4) is 16.9 Å². The van der Waals surface area contributed by atoms with E-state index in [0.29, 0.717) is 18.2 Å². The number of likely N-dealkylation sites (tertiary alicyclic amines) is 1. The first-order valence-electron chi connectivity index (χ1n) is 9.73. The molecule has 5 heteroatoms. The molecule has 2 fully saturated rings. The van der Waals surface area contributed by atoms with Crippen molar-refractivity contribution in [2.24, 2.45) is 5.92 Å². The molecular weight excluding hydrogens is 326 g/mol. The minimum absolute atomic E-state index is 0.104. The molecule has 0 radical (unpaired) electrons. The van der Waals surface area contributed by atoms with Crippen molar-refractivity contribution in [1.82, 2.24) is 15.1 Å². The molecule has 5 nitrogen and oxygen atoms in total. The highest BCUT2D eigenvalue weighted by Crippen LogP contribution is 2.38. The number of aromatic nitrogens is 2. The van der Waals surface area contributed by atoms with Crippen LogP contribution < -0.4 is 4.74 Å². The van der Waals surface area contributed by atoms with Crippen LogP contribution in [0.25, 0.3) is 11.1 Å². The number of aromatic amines is 1. The Hall–Kier alpha value is -2.30. The van der Waals surface area contributed by atoms with E-state index < -0.39 is 0 Å². The van der Waals surface area contributed by atoms with Gasteiger partial charge in [0.15, 0.2) is 0 Å². The van der Waals surface area contributed by atoms with Crippen LogP contribution in [0, 0.1) is 5.92 Å². The Morgan fingerprint density at radius 2 is 2.12 bits per heavy atom. The summed E-state index contributed by atoms with van der Waals surface area (Å²) in [6.07, 6.45) is 9.60. The van der Waals surface area contributed by atoms with Crippen LogP contribution in [0.5, 0.6) is 5.75 Å². The van der Waals surface area contributed by atoms with E-state index in [-0.39, 0.29) is 6.04 Å². The van der Waals surface area contributed by atoms with E-state index in [1.54, 1.807) is 7.11 Å². The standard InChI is InChI=1S/C21H27N3O2/c1-26-17-9-4-8-16(13-17)18-14-22-23-21(18)19-10-5-11-24(19)20(25)12-15-6-2-3-7-15/h4,8-9,13-15,19H,2-3,5-7,10-12H2,1H3,(H,22,23). The second-order valence-electron chi connectivity index (χ2n) is 7.53. The van der Waals surface area contributed by atoms with E-state index in [9.17, 15) is 4.79 Å². The third-order valence-corrected chi connectivity index (χ3v) is 5.89. The van der Waals surface area contributed by atoms with E-state index in [1.807, 2.05) is 24.4 Å². The number of carbonyl (C=O) groups is 1. The summed E-state index contributed by atoms with van der Waals surface area (Å²) in [4.78, 5) is 15.0. The van der Waals surface area contributed by atoms with E-state index >= 15 is 0 Å². The van der Waals surface area contributed by atoms with Gasteiger partial charge >= 0.3 is 0 Å². The molecule has 2 aliphatic rings. The first kappa shape index (κ1) is 17.1. The molecule has 1 unspecified atom stereocenters. The predicted molar refractivity (Wildman–Crippen MR) is 101 cm³/mol. The molecule has 1 saturated carbocycles. The van der Waals surface area contributed by atoms with Gasteiger partial charge < -0.3 is 9.64 Å². The van der Waals surface area contributed by atoms with Gasteiger partial charge in [0.25, 0.3) is 0 Å². The molecule has 1 aromatic carbocycles. The lowest BCUT2D eigenvalue weighted by molar-refractivity contribution is -0.133. The molecule has 2 heterocycles. The fraction of sp³-hybridized carbons (Fsp3) is 0.524. The zero-order valence-corrected chi connectivity index (χ0v) is 15.4. The molecule has 26 heavy (non-hydrogen) atoms. The van der Waals surface area contributed by atoms with Gasteiger partial charge in [0, 0.05) is 18.5 Å². The van der Waals surface area contributed by atoms with E-state index in [4.69, 9.17) is 4.74 Å². The van der Waals surface area contributed by atoms with Crippen molar-refractivity contribution in [2.45, 2.75) is 51.0 Å². The molecule has 4 rings (SSSR count). The smallest absolute Gasteiger partial charge is 0.223 e. The Morgan fingerprint density at radius 3 is 2.92 bits per heavy atom. The van der Waals surface area contributed by atoms with Crippen LogP contribution >= 0.6 is 0 Å². The molecule has 1 aromatic heterocycles. The van der Waals surface area contributed by atoms with Crippen LogP contribution in [0.2, 0.25) is 0 Å². The van der Waals surface area contributed by atoms with Crippen molar-refractivity contribution >= 4 is 5.91 Å². The second-order valence-corrected chi connectivity index (χ2v) is 7.53. The van der Waals surface area contributed by atoms with Crippen molar-refractivity contribution < 1.29 is 9.53 Å². The molecule has 1 amide bonds. The highest BCUT2D eigenvalue weighted by molar-refractivity contribution is 5.78.